The molecule has 1 aromatic carbocycles. The normalized spacial score (nSPS) is 16.0. The SMILES string of the molecule is Fc1cc(C(F)(F)F)cc(C2(CNc3ccc4nnc(C(F)F)n4n3)CC2)c1. The summed E-state index contributed by atoms with van der Waals surface area (Å²) < 4.78 is 79.4. The first-order valence-corrected chi connectivity index (χ1v) is 8.31. The molecule has 5 nitrogen and oxygen atoms in total. The van der Waals surface area contributed by atoms with Crippen molar-refractivity contribution >= 4 is 11.5 Å². The number of hydrogen-bond donors (Lipinski definition) is 1. The van der Waals surface area contributed by atoms with Crippen molar-refractivity contribution < 1.29 is 26.3 Å². The zero-order chi connectivity index (χ0) is 20.1. The predicted molar refractivity (Wildman–Crippen MR) is 86.5 cm³/mol. The van der Waals surface area contributed by atoms with E-state index in [0.717, 1.165) is 16.6 Å². The number of halogens is 6. The second-order valence-corrected chi connectivity index (χ2v) is 6.71. The minimum Gasteiger partial charge on any atom is -0.368 e. The zero-order valence-electron chi connectivity index (χ0n) is 14.1. The van der Waals surface area contributed by atoms with Crippen LogP contribution in [0.15, 0.2) is 30.3 Å². The van der Waals surface area contributed by atoms with Crippen molar-refractivity contribution in [3.63, 3.8) is 0 Å². The third-order valence-electron chi connectivity index (χ3n) is 4.78. The lowest BCUT2D eigenvalue weighted by molar-refractivity contribution is -0.137. The van der Waals surface area contributed by atoms with Crippen molar-refractivity contribution in [3.05, 3.63) is 53.1 Å². The third kappa shape index (κ3) is 3.36. The van der Waals surface area contributed by atoms with Crippen LogP contribution in [-0.4, -0.2) is 26.4 Å². The average molecular weight is 401 g/mol. The Bertz CT molecular complexity index is 1020. The molecule has 2 heterocycles. The maximum absolute atomic E-state index is 13.7. The van der Waals surface area contributed by atoms with Gasteiger partial charge in [-0.15, -0.1) is 15.3 Å². The monoisotopic (exact) mass is 401 g/mol. The summed E-state index contributed by atoms with van der Waals surface area (Å²) in [5, 5.41) is 13.9. The highest BCUT2D eigenvalue weighted by atomic mass is 19.4. The van der Waals surface area contributed by atoms with Crippen molar-refractivity contribution in [2.24, 2.45) is 0 Å². The molecular formula is C17H13F6N5. The van der Waals surface area contributed by atoms with Crippen molar-refractivity contribution in [2.75, 3.05) is 11.9 Å². The smallest absolute Gasteiger partial charge is 0.368 e. The van der Waals surface area contributed by atoms with Gasteiger partial charge >= 0.3 is 6.18 Å². The second kappa shape index (κ2) is 6.35. The molecule has 3 aromatic rings. The summed E-state index contributed by atoms with van der Waals surface area (Å²) >= 11 is 0. The Labute approximate surface area is 154 Å². The first-order valence-electron chi connectivity index (χ1n) is 8.31. The largest absolute Gasteiger partial charge is 0.416 e. The third-order valence-corrected chi connectivity index (χ3v) is 4.78. The van der Waals surface area contributed by atoms with E-state index in [-0.39, 0.29) is 23.6 Å². The molecule has 0 amide bonds. The highest BCUT2D eigenvalue weighted by Crippen LogP contribution is 2.49. The fraction of sp³-hybridized carbons (Fsp3) is 0.353. The molecule has 0 unspecified atom stereocenters. The Morgan fingerprint density at radius 2 is 1.86 bits per heavy atom. The maximum Gasteiger partial charge on any atom is 0.416 e. The first kappa shape index (κ1) is 18.5. The lowest BCUT2D eigenvalue weighted by Gasteiger charge is -2.19. The molecule has 4 rings (SSSR count). The number of aromatic nitrogens is 4. The van der Waals surface area contributed by atoms with Crippen LogP contribution >= 0.6 is 0 Å². The van der Waals surface area contributed by atoms with Crippen molar-refractivity contribution in [1.82, 2.24) is 19.8 Å². The molecular weight excluding hydrogens is 388 g/mol. The molecule has 0 radical (unpaired) electrons. The molecule has 148 valence electrons. The van der Waals surface area contributed by atoms with Crippen LogP contribution in [0.1, 0.15) is 36.2 Å². The summed E-state index contributed by atoms with van der Waals surface area (Å²) in [6, 6.07) is 5.44. The lowest BCUT2D eigenvalue weighted by Crippen LogP contribution is -2.21. The molecule has 1 aliphatic rings. The van der Waals surface area contributed by atoms with Crippen molar-refractivity contribution in [3.8, 4) is 0 Å². The Balaban J connectivity index is 1.58. The van der Waals surface area contributed by atoms with Crippen LogP contribution in [0.5, 0.6) is 0 Å². The van der Waals surface area contributed by atoms with Crippen molar-refractivity contribution in [2.45, 2.75) is 30.9 Å². The topological polar surface area (TPSA) is 55.1 Å². The van der Waals surface area contributed by atoms with Gasteiger partial charge in [-0.05, 0) is 48.7 Å². The number of nitrogens with zero attached hydrogens (tertiary/aromatic N) is 4. The molecule has 28 heavy (non-hydrogen) atoms. The molecule has 1 fully saturated rings. The van der Waals surface area contributed by atoms with E-state index >= 15 is 0 Å². The average Bonchev–Trinajstić information content (AvgIpc) is 3.30. The first-order chi connectivity index (χ1) is 13.2. The van der Waals surface area contributed by atoms with Crippen LogP contribution in [-0.2, 0) is 11.6 Å². The van der Waals surface area contributed by atoms with Crippen LogP contribution in [0.3, 0.4) is 0 Å². The minimum atomic E-state index is -4.65. The highest BCUT2D eigenvalue weighted by Gasteiger charge is 2.45. The van der Waals surface area contributed by atoms with Gasteiger partial charge < -0.3 is 5.32 Å². The van der Waals surface area contributed by atoms with Gasteiger partial charge in [0.2, 0.25) is 5.82 Å². The van der Waals surface area contributed by atoms with Gasteiger partial charge in [0.15, 0.2) is 5.65 Å². The van der Waals surface area contributed by atoms with Crippen LogP contribution < -0.4 is 5.32 Å². The van der Waals surface area contributed by atoms with Crippen LogP contribution in [0.4, 0.5) is 32.2 Å². The lowest BCUT2D eigenvalue weighted by atomic mass is 9.94. The molecule has 0 bridgehead atoms. The highest BCUT2D eigenvalue weighted by molar-refractivity contribution is 5.46. The molecule has 0 saturated heterocycles. The van der Waals surface area contributed by atoms with E-state index in [1.165, 1.54) is 12.1 Å². The number of anilines is 1. The Morgan fingerprint density at radius 3 is 2.50 bits per heavy atom. The number of hydrogen-bond acceptors (Lipinski definition) is 4. The van der Waals surface area contributed by atoms with E-state index in [2.05, 4.69) is 20.6 Å². The standard InChI is InChI=1S/C17H13F6N5/c18-11-6-9(5-10(7-11)17(21,22)23)16(3-4-16)8-24-12-1-2-13-25-26-15(14(19)20)28(13)27-12/h1-2,5-7,14H,3-4,8H2,(H,24,27). The van der Waals surface area contributed by atoms with Gasteiger partial charge in [0.05, 0.1) is 5.56 Å². The summed E-state index contributed by atoms with van der Waals surface area (Å²) in [6.07, 6.45) is -6.37. The van der Waals surface area contributed by atoms with Gasteiger partial charge in [0, 0.05) is 12.0 Å². The van der Waals surface area contributed by atoms with Crippen molar-refractivity contribution in [1.29, 1.82) is 0 Å². The van der Waals surface area contributed by atoms with Crippen LogP contribution in [0.2, 0.25) is 0 Å². The zero-order valence-corrected chi connectivity index (χ0v) is 14.1. The molecule has 2 aromatic heterocycles. The predicted octanol–water partition coefficient (Wildman–Crippen LogP) is 4.36. The van der Waals surface area contributed by atoms with Crippen LogP contribution in [0, 0.1) is 5.82 Å². The molecule has 0 spiro atoms. The van der Waals surface area contributed by atoms with Gasteiger partial charge in [0.25, 0.3) is 6.43 Å². The van der Waals surface area contributed by atoms with Gasteiger partial charge in [0.1, 0.15) is 11.6 Å². The quantitative estimate of drug-likeness (QED) is 0.646. The fourth-order valence-electron chi connectivity index (χ4n) is 3.07. The maximum atomic E-state index is 13.7. The van der Waals surface area contributed by atoms with E-state index in [0.29, 0.717) is 18.9 Å². The number of rotatable bonds is 5. The summed E-state index contributed by atoms with van der Waals surface area (Å²) in [5.74, 6) is -1.34. The molecule has 1 aliphatic carbocycles. The molecule has 11 heteroatoms. The molecule has 0 aliphatic heterocycles. The molecule has 1 saturated carbocycles. The van der Waals surface area contributed by atoms with Crippen LogP contribution in [0.25, 0.3) is 5.65 Å². The number of alkyl halides is 5. The molecule has 1 N–H and O–H groups in total. The van der Waals surface area contributed by atoms with Gasteiger partial charge in [-0.1, -0.05) is 0 Å². The van der Waals surface area contributed by atoms with E-state index < -0.39 is 35.2 Å². The summed E-state index contributed by atoms with van der Waals surface area (Å²) in [6.45, 7) is 0.179. The number of nitrogens with one attached hydrogen (secondary N) is 1. The van der Waals surface area contributed by atoms with Gasteiger partial charge in [-0.25, -0.2) is 13.2 Å². The summed E-state index contributed by atoms with van der Waals surface area (Å²) in [4.78, 5) is 0. The fourth-order valence-corrected chi connectivity index (χ4v) is 3.07. The summed E-state index contributed by atoms with van der Waals surface area (Å²) in [5.41, 5.74) is -1.33. The van der Waals surface area contributed by atoms with E-state index in [1.54, 1.807) is 0 Å². The Hall–Kier alpha value is -2.85. The van der Waals surface area contributed by atoms with Gasteiger partial charge in [-0.3, -0.25) is 0 Å². The van der Waals surface area contributed by atoms with E-state index in [1.807, 2.05) is 0 Å². The van der Waals surface area contributed by atoms with Gasteiger partial charge in [-0.2, -0.15) is 17.7 Å². The van der Waals surface area contributed by atoms with E-state index in [9.17, 15) is 26.3 Å². The summed E-state index contributed by atoms with van der Waals surface area (Å²) in [7, 11) is 0. The minimum absolute atomic E-state index is 0.141. The number of benzene rings is 1. The second-order valence-electron chi connectivity index (χ2n) is 6.71. The van der Waals surface area contributed by atoms with E-state index in [4.69, 9.17) is 0 Å². The Kier molecular flexibility index (Phi) is 4.20. The number of fused-ring (bicyclic) bond motifs is 1. The molecule has 0 atom stereocenters. The Morgan fingerprint density at radius 1 is 1.11 bits per heavy atom.